The van der Waals surface area contributed by atoms with Crippen molar-refractivity contribution in [3.8, 4) is 0 Å². The van der Waals surface area contributed by atoms with E-state index in [9.17, 15) is 9.59 Å². The van der Waals surface area contributed by atoms with Crippen LogP contribution in [0.1, 0.15) is 6.42 Å². The first-order valence-corrected chi connectivity index (χ1v) is 2.66. The Kier molecular flexibility index (Phi) is 1.48. The number of nitrogens with one attached hydrogen (secondary N) is 1. The summed E-state index contributed by atoms with van der Waals surface area (Å²) in [7, 11) is 1.62. The van der Waals surface area contributed by atoms with E-state index in [1.807, 2.05) is 0 Å². The average Bonchev–Trinajstić information content (AvgIpc) is 2.10. The summed E-state index contributed by atoms with van der Waals surface area (Å²) in [5.74, 6) is -0.915. The van der Waals surface area contributed by atoms with Gasteiger partial charge in [0.05, 0.1) is 6.42 Å². The van der Waals surface area contributed by atoms with Crippen LogP contribution < -0.4 is 5.32 Å². The zero-order chi connectivity index (χ0) is 6.85. The topological polar surface area (TPSA) is 55.4 Å². The van der Waals surface area contributed by atoms with Crippen LogP contribution in [0.3, 0.4) is 0 Å². The van der Waals surface area contributed by atoms with Crippen LogP contribution in [0.5, 0.6) is 0 Å². The summed E-state index contributed by atoms with van der Waals surface area (Å²) in [4.78, 5) is 20.8. The van der Waals surface area contributed by atoms with Gasteiger partial charge in [0.15, 0.2) is 0 Å². The Morgan fingerprint density at radius 2 is 2.33 bits per heavy atom. The minimum absolute atomic E-state index is 0.162. The Labute approximate surface area is 52.2 Å². The molecular weight excluding hydrogens is 122 g/mol. The molecular formula is C5H7NO3. The third-order valence-corrected chi connectivity index (χ3v) is 1.22. The van der Waals surface area contributed by atoms with E-state index in [1.54, 1.807) is 7.05 Å². The molecule has 0 aromatic rings. The van der Waals surface area contributed by atoms with Crippen molar-refractivity contribution in [2.75, 3.05) is 7.05 Å². The average molecular weight is 129 g/mol. The molecule has 9 heavy (non-hydrogen) atoms. The fourth-order valence-electron chi connectivity index (χ4n) is 0.695. The molecule has 1 saturated heterocycles. The molecule has 1 fully saturated rings. The van der Waals surface area contributed by atoms with Crippen molar-refractivity contribution in [1.82, 2.24) is 5.32 Å². The second kappa shape index (κ2) is 2.14. The first-order chi connectivity index (χ1) is 4.24. The summed E-state index contributed by atoms with van der Waals surface area (Å²) in [6.45, 7) is 0. The molecule has 1 aliphatic heterocycles. The smallest absolute Gasteiger partial charge is 0.331 e. The van der Waals surface area contributed by atoms with Crippen molar-refractivity contribution < 1.29 is 14.3 Å². The van der Waals surface area contributed by atoms with E-state index in [4.69, 9.17) is 0 Å². The van der Waals surface area contributed by atoms with Crippen LogP contribution >= 0.6 is 0 Å². The van der Waals surface area contributed by atoms with Crippen LogP contribution in [0.15, 0.2) is 0 Å². The van der Waals surface area contributed by atoms with Gasteiger partial charge in [-0.2, -0.15) is 0 Å². The molecule has 50 valence electrons. The number of ether oxygens (including phenoxy) is 1. The lowest BCUT2D eigenvalue weighted by Gasteiger charge is -1.97. The number of likely N-dealkylation sites (N-methyl/N-ethyl adjacent to an activating group) is 1. The fraction of sp³-hybridized carbons (Fsp3) is 0.600. The highest BCUT2D eigenvalue weighted by Gasteiger charge is 2.31. The maximum Gasteiger partial charge on any atom is 0.331 e. The maximum atomic E-state index is 10.5. The molecule has 1 N–H and O–H groups in total. The summed E-state index contributed by atoms with van der Waals surface area (Å²) in [6.07, 6.45) is 0.162. The highest BCUT2D eigenvalue weighted by atomic mass is 16.6. The number of hydrogen-bond donors (Lipinski definition) is 1. The molecule has 0 saturated carbocycles. The highest BCUT2D eigenvalue weighted by molar-refractivity contribution is 5.96. The largest absolute Gasteiger partial charge is 0.392 e. The summed E-state index contributed by atoms with van der Waals surface area (Å²) in [5, 5.41) is 2.65. The van der Waals surface area contributed by atoms with Gasteiger partial charge < -0.3 is 10.1 Å². The number of cyclic esters (lactones) is 2. The van der Waals surface area contributed by atoms with Crippen LogP contribution in [0, 0.1) is 0 Å². The molecule has 0 unspecified atom stereocenters. The van der Waals surface area contributed by atoms with Crippen molar-refractivity contribution in [3.05, 3.63) is 0 Å². The monoisotopic (exact) mass is 129 g/mol. The van der Waals surface area contributed by atoms with Gasteiger partial charge in [-0.15, -0.1) is 0 Å². The molecule has 1 rings (SSSR count). The first kappa shape index (κ1) is 6.22. The van der Waals surface area contributed by atoms with E-state index in [0.717, 1.165) is 0 Å². The molecule has 0 spiro atoms. The lowest BCUT2D eigenvalue weighted by molar-refractivity contribution is -0.152. The third kappa shape index (κ3) is 1.08. The van der Waals surface area contributed by atoms with Gasteiger partial charge in [-0.1, -0.05) is 0 Å². The van der Waals surface area contributed by atoms with E-state index >= 15 is 0 Å². The lowest BCUT2D eigenvalue weighted by Crippen LogP contribution is -2.29. The molecule has 0 aromatic heterocycles. The van der Waals surface area contributed by atoms with Gasteiger partial charge in [-0.05, 0) is 7.05 Å². The second-order valence-electron chi connectivity index (χ2n) is 1.84. The zero-order valence-corrected chi connectivity index (χ0v) is 5.01. The van der Waals surface area contributed by atoms with Crippen molar-refractivity contribution in [3.63, 3.8) is 0 Å². The third-order valence-electron chi connectivity index (χ3n) is 1.22. The van der Waals surface area contributed by atoms with Gasteiger partial charge in [0, 0.05) is 0 Å². The minimum Gasteiger partial charge on any atom is -0.392 e. The predicted octanol–water partition coefficient (Wildman–Crippen LogP) is -0.952. The molecule has 0 amide bonds. The van der Waals surface area contributed by atoms with Crippen LogP contribution in [-0.2, 0) is 14.3 Å². The molecule has 0 radical (unpaired) electrons. The Hall–Kier alpha value is -0.900. The normalized spacial score (nSPS) is 26.6. The molecule has 4 heteroatoms. The zero-order valence-electron chi connectivity index (χ0n) is 5.01. The van der Waals surface area contributed by atoms with Gasteiger partial charge in [-0.25, -0.2) is 4.79 Å². The van der Waals surface area contributed by atoms with E-state index in [0.29, 0.717) is 0 Å². The SMILES string of the molecule is CN[C@H]1CC(=O)OC1=O. The standard InChI is InChI=1S/C5H7NO3/c1-6-3-2-4(7)9-5(3)8/h3,6H,2H2,1H3/t3-/m0/s1. The number of hydrogen-bond acceptors (Lipinski definition) is 4. The van der Waals surface area contributed by atoms with Crippen LogP contribution in [0.4, 0.5) is 0 Å². The Morgan fingerprint density at radius 3 is 2.56 bits per heavy atom. The molecule has 1 aliphatic rings. The Balaban J connectivity index is 2.58. The number of rotatable bonds is 1. The van der Waals surface area contributed by atoms with Gasteiger partial charge in [-0.3, -0.25) is 4.79 Å². The van der Waals surface area contributed by atoms with Gasteiger partial charge >= 0.3 is 11.9 Å². The number of carbonyl (C=O) groups is 2. The molecule has 1 heterocycles. The molecule has 0 bridgehead atoms. The van der Waals surface area contributed by atoms with Crippen LogP contribution in [0.25, 0.3) is 0 Å². The van der Waals surface area contributed by atoms with Gasteiger partial charge in [0.2, 0.25) is 0 Å². The van der Waals surface area contributed by atoms with Crippen molar-refractivity contribution >= 4 is 11.9 Å². The fourth-order valence-corrected chi connectivity index (χ4v) is 0.695. The van der Waals surface area contributed by atoms with Gasteiger partial charge in [0.1, 0.15) is 6.04 Å². The van der Waals surface area contributed by atoms with Crippen LogP contribution in [0.2, 0.25) is 0 Å². The van der Waals surface area contributed by atoms with E-state index < -0.39 is 18.0 Å². The van der Waals surface area contributed by atoms with E-state index in [-0.39, 0.29) is 6.42 Å². The Morgan fingerprint density at radius 1 is 1.67 bits per heavy atom. The molecule has 1 atom stereocenters. The molecule has 0 aliphatic carbocycles. The van der Waals surface area contributed by atoms with Crippen molar-refractivity contribution in [2.45, 2.75) is 12.5 Å². The Bertz CT molecular complexity index is 154. The second-order valence-corrected chi connectivity index (χ2v) is 1.84. The summed E-state index contributed by atoms with van der Waals surface area (Å²) < 4.78 is 4.22. The minimum atomic E-state index is -0.470. The van der Waals surface area contributed by atoms with Crippen molar-refractivity contribution in [2.24, 2.45) is 0 Å². The quantitative estimate of drug-likeness (QED) is 0.366. The lowest BCUT2D eigenvalue weighted by atomic mass is 10.2. The molecule has 0 aromatic carbocycles. The first-order valence-electron chi connectivity index (χ1n) is 2.66. The summed E-state index contributed by atoms with van der Waals surface area (Å²) >= 11 is 0. The summed E-state index contributed by atoms with van der Waals surface area (Å²) in [5.41, 5.74) is 0. The van der Waals surface area contributed by atoms with Gasteiger partial charge in [0.25, 0.3) is 0 Å². The van der Waals surface area contributed by atoms with E-state index in [1.165, 1.54) is 0 Å². The molecule has 4 nitrogen and oxygen atoms in total. The van der Waals surface area contributed by atoms with Crippen molar-refractivity contribution in [1.29, 1.82) is 0 Å². The van der Waals surface area contributed by atoms with E-state index in [2.05, 4.69) is 10.1 Å². The highest BCUT2D eigenvalue weighted by Crippen LogP contribution is 2.05. The number of esters is 2. The summed E-state index contributed by atoms with van der Waals surface area (Å²) in [6, 6.07) is -0.419. The maximum absolute atomic E-state index is 10.5. The number of carbonyl (C=O) groups excluding carboxylic acids is 2. The predicted molar refractivity (Wildman–Crippen MR) is 28.6 cm³/mol. The van der Waals surface area contributed by atoms with Crippen LogP contribution in [-0.4, -0.2) is 25.0 Å².